The van der Waals surface area contributed by atoms with Crippen LogP contribution in [0.25, 0.3) is 0 Å². The second-order valence-electron chi connectivity index (χ2n) is 9.16. The number of carbonyl (C=O) groups is 2. The molecule has 10 heteroatoms. The number of ether oxygens (including phenoxy) is 3. The standard InChI is InChI=1S/C28H28N2O7S/c1-18(27(31)29-23-12-6-8-19-7-2-3-9-21(19)23)37-28(32)22-10-4-5-11-24(22)30-38(33,34)20-13-14-25-26(17-20)36-16-15-35-25/h2-5,7,9-11,13-14,17-18,23,30H,6,8,12,15-16H2,1H3,(H,29,31)/t18-,23-/m0/s1. The number of benzene rings is 3. The summed E-state index contributed by atoms with van der Waals surface area (Å²) in [4.78, 5) is 25.8. The van der Waals surface area contributed by atoms with Crippen LogP contribution in [0.2, 0.25) is 0 Å². The molecule has 2 aliphatic rings. The minimum atomic E-state index is -4.07. The lowest BCUT2D eigenvalue weighted by Gasteiger charge is -2.27. The van der Waals surface area contributed by atoms with E-state index in [1.807, 2.05) is 18.2 Å². The van der Waals surface area contributed by atoms with Crippen LogP contribution in [0.5, 0.6) is 11.5 Å². The minimum absolute atomic E-state index is 0.0173. The van der Waals surface area contributed by atoms with Crippen LogP contribution in [0.4, 0.5) is 5.69 Å². The van der Waals surface area contributed by atoms with Crippen molar-refractivity contribution in [2.45, 2.75) is 43.2 Å². The van der Waals surface area contributed by atoms with Crippen molar-refractivity contribution in [1.82, 2.24) is 5.32 Å². The molecular weight excluding hydrogens is 508 g/mol. The fourth-order valence-corrected chi connectivity index (χ4v) is 5.71. The lowest BCUT2D eigenvalue weighted by atomic mass is 9.87. The zero-order chi connectivity index (χ0) is 26.7. The Morgan fingerprint density at radius 3 is 2.55 bits per heavy atom. The van der Waals surface area contributed by atoms with Crippen LogP contribution in [0.15, 0.2) is 71.6 Å². The van der Waals surface area contributed by atoms with Crippen LogP contribution in [0.1, 0.15) is 47.3 Å². The molecule has 0 spiro atoms. The number of para-hydroxylation sites is 1. The van der Waals surface area contributed by atoms with Gasteiger partial charge in [0.25, 0.3) is 15.9 Å². The fraction of sp³-hybridized carbons (Fsp3) is 0.286. The Hall–Kier alpha value is -4.05. The number of hydrogen-bond donors (Lipinski definition) is 2. The van der Waals surface area contributed by atoms with Gasteiger partial charge < -0.3 is 19.5 Å². The molecular formula is C28H28N2O7S. The highest BCUT2D eigenvalue weighted by molar-refractivity contribution is 7.92. The summed E-state index contributed by atoms with van der Waals surface area (Å²) in [6.07, 6.45) is 1.63. The summed E-state index contributed by atoms with van der Waals surface area (Å²) >= 11 is 0. The van der Waals surface area contributed by atoms with Crippen molar-refractivity contribution >= 4 is 27.6 Å². The van der Waals surface area contributed by atoms with E-state index in [-0.39, 0.29) is 22.2 Å². The van der Waals surface area contributed by atoms with Gasteiger partial charge in [0.2, 0.25) is 0 Å². The van der Waals surface area contributed by atoms with E-state index < -0.39 is 28.0 Å². The zero-order valence-corrected chi connectivity index (χ0v) is 21.6. The number of nitrogens with one attached hydrogen (secondary N) is 2. The molecule has 38 heavy (non-hydrogen) atoms. The Morgan fingerprint density at radius 2 is 1.71 bits per heavy atom. The average Bonchev–Trinajstić information content (AvgIpc) is 2.93. The third kappa shape index (κ3) is 5.45. The van der Waals surface area contributed by atoms with Crippen molar-refractivity contribution in [3.63, 3.8) is 0 Å². The SMILES string of the molecule is C[C@H](OC(=O)c1ccccc1NS(=O)(=O)c1ccc2c(c1)OCCO2)C(=O)N[C@H]1CCCc2ccccc21. The van der Waals surface area contributed by atoms with Gasteiger partial charge in [0.05, 0.1) is 22.2 Å². The van der Waals surface area contributed by atoms with Crippen LogP contribution in [0, 0.1) is 0 Å². The Morgan fingerprint density at radius 1 is 0.974 bits per heavy atom. The van der Waals surface area contributed by atoms with Crippen molar-refractivity contribution in [2.75, 3.05) is 17.9 Å². The van der Waals surface area contributed by atoms with E-state index in [4.69, 9.17) is 14.2 Å². The molecule has 0 fully saturated rings. The molecule has 3 aromatic carbocycles. The van der Waals surface area contributed by atoms with Gasteiger partial charge in [0.15, 0.2) is 17.6 Å². The highest BCUT2D eigenvalue weighted by Crippen LogP contribution is 2.33. The largest absolute Gasteiger partial charge is 0.486 e. The van der Waals surface area contributed by atoms with Gasteiger partial charge in [-0.2, -0.15) is 0 Å². The maximum atomic E-state index is 13.1. The van der Waals surface area contributed by atoms with E-state index in [1.165, 1.54) is 42.8 Å². The van der Waals surface area contributed by atoms with Crippen LogP contribution in [-0.2, 0) is 26.0 Å². The number of hydrogen-bond acceptors (Lipinski definition) is 7. The summed E-state index contributed by atoms with van der Waals surface area (Å²) in [7, 11) is -4.07. The quantitative estimate of drug-likeness (QED) is 0.438. The molecule has 2 N–H and O–H groups in total. The van der Waals surface area contributed by atoms with Crippen molar-refractivity contribution < 1.29 is 32.2 Å². The van der Waals surface area contributed by atoms with Gasteiger partial charge in [-0.25, -0.2) is 13.2 Å². The topological polar surface area (TPSA) is 120 Å². The van der Waals surface area contributed by atoms with E-state index in [0.29, 0.717) is 24.7 Å². The third-order valence-electron chi connectivity index (χ3n) is 6.55. The molecule has 3 aromatic rings. The molecule has 0 saturated carbocycles. The van der Waals surface area contributed by atoms with E-state index in [2.05, 4.69) is 16.1 Å². The molecule has 2 atom stereocenters. The monoisotopic (exact) mass is 536 g/mol. The molecule has 5 rings (SSSR count). The van der Waals surface area contributed by atoms with Gasteiger partial charge in [-0.3, -0.25) is 9.52 Å². The second-order valence-corrected chi connectivity index (χ2v) is 10.8. The normalized spacial score (nSPS) is 17.0. The van der Waals surface area contributed by atoms with Gasteiger partial charge in [-0.1, -0.05) is 36.4 Å². The predicted molar refractivity (Wildman–Crippen MR) is 140 cm³/mol. The molecule has 198 valence electrons. The fourth-order valence-electron chi connectivity index (χ4n) is 4.62. The number of fused-ring (bicyclic) bond motifs is 2. The van der Waals surface area contributed by atoms with Crippen molar-refractivity contribution in [1.29, 1.82) is 0 Å². The Balaban J connectivity index is 1.27. The van der Waals surface area contributed by atoms with Gasteiger partial charge in [0, 0.05) is 6.07 Å². The lowest BCUT2D eigenvalue weighted by Crippen LogP contribution is -2.39. The molecule has 1 amide bonds. The predicted octanol–water partition coefficient (Wildman–Crippen LogP) is 4.00. The third-order valence-corrected chi connectivity index (χ3v) is 7.92. The number of aryl methyl sites for hydroxylation is 1. The van der Waals surface area contributed by atoms with E-state index in [0.717, 1.165) is 24.8 Å². The number of amides is 1. The molecule has 1 aliphatic heterocycles. The smallest absolute Gasteiger partial charge is 0.341 e. The van der Waals surface area contributed by atoms with Crippen LogP contribution in [0.3, 0.4) is 0 Å². The first-order valence-corrected chi connectivity index (χ1v) is 13.9. The molecule has 0 unspecified atom stereocenters. The highest BCUT2D eigenvalue weighted by Gasteiger charge is 2.27. The first-order chi connectivity index (χ1) is 18.3. The van der Waals surface area contributed by atoms with Crippen LogP contribution in [-0.4, -0.2) is 39.6 Å². The molecule has 0 saturated heterocycles. The number of carbonyl (C=O) groups excluding carboxylic acids is 2. The first kappa shape index (κ1) is 25.6. The maximum Gasteiger partial charge on any atom is 0.341 e. The number of anilines is 1. The van der Waals surface area contributed by atoms with Crippen LogP contribution < -0.4 is 19.5 Å². The summed E-state index contributed by atoms with van der Waals surface area (Å²) < 4.78 is 45.0. The van der Waals surface area contributed by atoms with Gasteiger partial charge in [-0.15, -0.1) is 0 Å². The highest BCUT2D eigenvalue weighted by atomic mass is 32.2. The molecule has 0 bridgehead atoms. The molecule has 0 radical (unpaired) electrons. The van der Waals surface area contributed by atoms with Crippen molar-refractivity contribution in [2.24, 2.45) is 0 Å². The summed E-state index contributed by atoms with van der Waals surface area (Å²) in [6.45, 7) is 2.19. The molecule has 1 heterocycles. The van der Waals surface area contributed by atoms with E-state index in [1.54, 1.807) is 12.1 Å². The zero-order valence-electron chi connectivity index (χ0n) is 20.8. The Bertz CT molecular complexity index is 1470. The Kier molecular flexibility index (Phi) is 7.24. The average molecular weight is 537 g/mol. The number of sulfonamides is 1. The summed E-state index contributed by atoms with van der Waals surface area (Å²) in [5, 5.41) is 2.98. The maximum absolute atomic E-state index is 13.1. The summed E-state index contributed by atoms with van der Waals surface area (Å²) in [5.41, 5.74) is 2.29. The number of esters is 1. The molecule has 0 aromatic heterocycles. The van der Waals surface area contributed by atoms with E-state index in [9.17, 15) is 18.0 Å². The van der Waals surface area contributed by atoms with E-state index >= 15 is 0 Å². The first-order valence-electron chi connectivity index (χ1n) is 12.4. The van der Waals surface area contributed by atoms with Gasteiger partial charge in [-0.05, 0) is 61.6 Å². The second kappa shape index (κ2) is 10.7. The summed E-state index contributed by atoms with van der Waals surface area (Å²) in [5.74, 6) is -0.457. The molecule has 1 aliphatic carbocycles. The van der Waals surface area contributed by atoms with Crippen molar-refractivity contribution in [3.8, 4) is 11.5 Å². The molecule has 9 nitrogen and oxygen atoms in total. The van der Waals surface area contributed by atoms with Crippen molar-refractivity contribution in [3.05, 3.63) is 83.4 Å². The van der Waals surface area contributed by atoms with Gasteiger partial charge >= 0.3 is 5.97 Å². The Labute approximate surface area is 221 Å². The summed E-state index contributed by atoms with van der Waals surface area (Å²) in [6, 6.07) is 18.2. The minimum Gasteiger partial charge on any atom is -0.486 e. The lowest BCUT2D eigenvalue weighted by molar-refractivity contribution is -0.130. The number of rotatable bonds is 7. The van der Waals surface area contributed by atoms with Crippen LogP contribution >= 0.6 is 0 Å². The van der Waals surface area contributed by atoms with Gasteiger partial charge in [0.1, 0.15) is 13.2 Å².